The van der Waals surface area contributed by atoms with E-state index < -0.39 is 0 Å². The molecule has 1 aliphatic carbocycles. The van der Waals surface area contributed by atoms with Crippen molar-refractivity contribution in [3.8, 4) is 0 Å². The van der Waals surface area contributed by atoms with Crippen LogP contribution in [0.15, 0.2) is 24.8 Å². The molecule has 0 aromatic rings. The number of carbonyl (C=O) groups excluding carboxylic acids is 1. The largest absolute Gasteiger partial charge is 0.466 e. The van der Waals surface area contributed by atoms with Crippen LogP contribution in [0.3, 0.4) is 0 Å². The number of hydrogen-bond donors (Lipinski definition) is 0. The maximum atomic E-state index is 11.1. The minimum absolute atomic E-state index is 0.0949. The second-order valence-corrected chi connectivity index (χ2v) is 4.34. The normalized spacial score (nSPS) is 24.8. The van der Waals surface area contributed by atoms with Crippen molar-refractivity contribution >= 4 is 5.97 Å². The Kier molecular flexibility index (Phi) is 5.91. The molecule has 0 N–H and O–H groups in total. The van der Waals surface area contributed by atoms with Gasteiger partial charge >= 0.3 is 5.97 Å². The molecule has 1 aliphatic rings. The molecule has 0 saturated heterocycles. The summed E-state index contributed by atoms with van der Waals surface area (Å²) < 4.78 is 4.86. The Morgan fingerprint density at radius 3 is 2.81 bits per heavy atom. The van der Waals surface area contributed by atoms with E-state index >= 15 is 0 Å². The Balaban J connectivity index is 2.13. The molecule has 0 radical (unpaired) electrons. The summed E-state index contributed by atoms with van der Waals surface area (Å²) in [5, 5.41) is 0. The van der Waals surface area contributed by atoms with Crippen LogP contribution in [0.1, 0.15) is 39.0 Å². The molecule has 90 valence electrons. The molecule has 0 amide bonds. The van der Waals surface area contributed by atoms with Crippen molar-refractivity contribution in [2.75, 3.05) is 6.61 Å². The predicted octanol–water partition coefficient (Wildman–Crippen LogP) is 3.49. The van der Waals surface area contributed by atoms with Crippen LogP contribution in [0.5, 0.6) is 0 Å². The van der Waals surface area contributed by atoms with Crippen LogP contribution >= 0.6 is 0 Å². The molecule has 0 heterocycles. The third kappa shape index (κ3) is 4.65. The zero-order valence-electron chi connectivity index (χ0n) is 10.2. The molecule has 1 saturated carbocycles. The Morgan fingerprint density at radius 1 is 1.44 bits per heavy atom. The number of esters is 1. The third-order valence-corrected chi connectivity index (χ3v) is 3.08. The average Bonchev–Trinajstić information content (AvgIpc) is 2.73. The van der Waals surface area contributed by atoms with Gasteiger partial charge in [0.15, 0.2) is 0 Å². The smallest absolute Gasteiger partial charge is 0.306 e. The van der Waals surface area contributed by atoms with Crippen LogP contribution in [0.2, 0.25) is 0 Å². The van der Waals surface area contributed by atoms with Crippen molar-refractivity contribution < 1.29 is 9.53 Å². The number of ether oxygens (including phenoxy) is 1. The summed E-state index contributed by atoms with van der Waals surface area (Å²) in [5.41, 5.74) is 0. The summed E-state index contributed by atoms with van der Waals surface area (Å²) in [5.74, 6) is 1.28. The van der Waals surface area contributed by atoms with Gasteiger partial charge < -0.3 is 4.74 Å². The summed E-state index contributed by atoms with van der Waals surface area (Å²) >= 11 is 0. The van der Waals surface area contributed by atoms with Crippen LogP contribution in [0, 0.1) is 11.8 Å². The first kappa shape index (κ1) is 13.0. The van der Waals surface area contributed by atoms with Gasteiger partial charge in [0.2, 0.25) is 0 Å². The average molecular weight is 222 g/mol. The molecule has 2 heteroatoms. The molecule has 2 nitrogen and oxygen atoms in total. The molecule has 2 unspecified atom stereocenters. The second-order valence-electron chi connectivity index (χ2n) is 4.34. The molecular formula is C14H22O2. The standard InChI is InChI=1S/C14H22O2/c1-3-12-9-10-13(11-12)7-5-6-8-14(15)16-4-2/h3,5,7,12-13H,1,4,6,8-11H2,2H3/b7-5+. The van der Waals surface area contributed by atoms with Crippen molar-refractivity contribution in [2.24, 2.45) is 11.8 Å². The fourth-order valence-electron chi connectivity index (χ4n) is 2.16. The first-order valence-corrected chi connectivity index (χ1v) is 6.21. The fourth-order valence-corrected chi connectivity index (χ4v) is 2.16. The van der Waals surface area contributed by atoms with Gasteiger partial charge in [-0.15, -0.1) is 6.58 Å². The molecule has 0 spiro atoms. The van der Waals surface area contributed by atoms with Crippen LogP contribution in [-0.2, 0) is 9.53 Å². The molecule has 16 heavy (non-hydrogen) atoms. The maximum absolute atomic E-state index is 11.1. The first-order chi connectivity index (χ1) is 7.76. The van der Waals surface area contributed by atoms with Gasteiger partial charge in [-0.05, 0) is 44.4 Å². The summed E-state index contributed by atoms with van der Waals surface area (Å²) in [4.78, 5) is 11.1. The minimum Gasteiger partial charge on any atom is -0.466 e. The van der Waals surface area contributed by atoms with E-state index in [9.17, 15) is 4.79 Å². The summed E-state index contributed by atoms with van der Waals surface area (Å²) in [6.07, 6.45) is 11.5. The highest BCUT2D eigenvalue weighted by molar-refractivity contribution is 5.69. The van der Waals surface area contributed by atoms with Gasteiger partial charge in [-0.1, -0.05) is 18.2 Å². The molecule has 0 aromatic carbocycles. The highest BCUT2D eigenvalue weighted by atomic mass is 16.5. The zero-order chi connectivity index (χ0) is 11.8. The SMILES string of the molecule is C=CC1CCC(/C=C/CCC(=O)OCC)C1. The lowest BCUT2D eigenvalue weighted by molar-refractivity contribution is -0.142. The van der Waals surface area contributed by atoms with Gasteiger partial charge in [0.05, 0.1) is 6.61 Å². The van der Waals surface area contributed by atoms with Crippen LogP contribution in [-0.4, -0.2) is 12.6 Å². The second kappa shape index (κ2) is 7.26. The van der Waals surface area contributed by atoms with E-state index in [1.165, 1.54) is 19.3 Å². The van der Waals surface area contributed by atoms with E-state index in [2.05, 4.69) is 24.8 Å². The van der Waals surface area contributed by atoms with Crippen LogP contribution < -0.4 is 0 Å². The lowest BCUT2D eigenvalue weighted by Gasteiger charge is -2.02. The topological polar surface area (TPSA) is 26.3 Å². The van der Waals surface area contributed by atoms with E-state index in [1.807, 2.05) is 6.92 Å². The molecule has 0 aliphatic heterocycles. The Bertz CT molecular complexity index is 255. The van der Waals surface area contributed by atoms with E-state index in [0.29, 0.717) is 24.9 Å². The number of rotatable bonds is 6. The fraction of sp³-hybridized carbons (Fsp3) is 0.643. The summed E-state index contributed by atoms with van der Waals surface area (Å²) in [7, 11) is 0. The van der Waals surface area contributed by atoms with E-state index in [1.54, 1.807) is 0 Å². The Hall–Kier alpha value is -1.05. The van der Waals surface area contributed by atoms with Gasteiger partial charge in [0.25, 0.3) is 0 Å². The molecule has 0 aromatic heterocycles. The lowest BCUT2D eigenvalue weighted by Crippen LogP contribution is -2.02. The van der Waals surface area contributed by atoms with Gasteiger partial charge in [-0.25, -0.2) is 0 Å². The Labute approximate surface area is 98.4 Å². The molecule has 1 rings (SSSR count). The van der Waals surface area contributed by atoms with Gasteiger partial charge in [-0.2, -0.15) is 0 Å². The van der Waals surface area contributed by atoms with Crippen LogP contribution in [0.4, 0.5) is 0 Å². The monoisotopic (exact) mass is 222 g/mol. The highest BCUT2D eigenvalue weighted by Gasteiger charge is 2.19. The van der Waals surface area contributed by atoms with Gasteiger partial charge in [0, 0.05) is 6.42 Å². The van der Waals surface area contributed by atoms with Crippen molar-refractivity contribution in [1.29, 1.82) is 0 Å². The lowest BCUT2D eigenvalue weighted by atomic mass is 10.0. The number of allylic oxidation sites excluding steroid dienone is 3. The highest BCUT2D eigenvalue weighted by Crippen LogP contribution is 2.32. The summed E-state index contributed by atoms with van der Waals surface area (Å²) in [6.45, 7) is 6.15. The zero-order valence-corrected chi connectivity index (χ0v) is 10.2. The molecule has 2 atom stereocenters. The first-order valence-electron chi connectivity index (χ1n) is 6.21. The molecule has 1 fully saturated rings. The van der Waals surface area contributed by atoms with E-state index in [-0.39, 0.29) is 5.97 Å². The number of hydrogen-bond acceptors (Lipinski definition) is 2. The maximum Gasteiger partial charge on any atom is 0.306 e. The minimum atomic E-state index is -0.0949. The number of carbonyl (C=O) groups is 1. The van der Waals surface area contributed by atoms with Crippen molar-refractivity contribution in [1.82, 2.24) is 0 Å². The van der Waals surface area contributed by atoms with Gasteiger partial charge in [-0.3, -0.25) is 4.79 Å². The van der Waals surface area contributed by atoms with Crippen molar-refractivity contribution in [2.45, 2.75) is 39.0 Å². The predicted molar refractivity (Wildman–Crippen MR) is 66.0 cm³/mol. The third-order valence-electron chi connectivity index (χ3n) is 3.08. The van der Waals surface area contributed by atoms with E-state index in [4.69, 9.17) is 4.74 Å². The molecule has 0 bridgehead atoms. The van der Waals surface area contributed by atoms with Crippen molar-refractivity contribution in [3.63, 3.8) is 0 Å². The quantitative estimate of drug-likeness (QED) is 0.508. The van der Waals surface area contributed by atoms with E-state index in [0.717, 1.165) is 6.42 Å². The van der Waals surface area contributed by atoms with Gasteiger partial charge in [0.1, 0.15) is 0 Å². The Morgan fingerprint density at radius 2 is 2.19 bits per heavy atom. The molecular weight excluding hydrogens is 200 g/mol. The van der Waals surface area contributed by atoms with Crippen molar-refractivity contribution in [3.05, 3.63) is 24.8 Å². The van der Waals surface area contributed by atoms with Crippen LogP contribution in [0.25, 0.3) is 0 Å². The summed E-state index contributed by atoms with van der Waals surface area (Å²) in [6, 6.07) is 0.